The van der Waals surface area contributed by atoms with Gasteiger partial charge in [0.05, 0.1) is 6.04 Å². The number of nitrogens with one attached hydrogen (secondary N) is 2. The van der Waals surface area contributed by atoms with Crippen molar-refractivity contribution in [2.45, 2.75) is 64.2 Å². The summed E-state index contributed by atoms with van der Waals surface area (Å²) in [5.74, 6) is 0.418. The maximum atomic E-state index is 12.6. The van der Waals surface area contributed by atoms with E-state index < -0.39 is 11.7 Å². The fraction of sp³-hybridized carbons (Fsp3) is 0.652. The predicted octanol–water partition coefficient (Wildman–Crippen LogP) is 3.33. The molecule has 2 amide bonds. The minimum atomic E-state index is -0.574. The maximum absolute atomic E-state index is 12.6. The van der Waals surface area contributed by atoms with Crippen molar-refractivity contribution in [1.29, 1.82) is 0 Å². The van der Waals surface area contributed by atoms with Crippen molar-refractivity contribution in [3.05, 3.63) is 35.9 Å². The number of carbonyl (C=O) groups excluding carboxylic acids is 2. The van der Waals surface area contributed by atoms with Crippen LogP contribution in [0.5, 0.6) is 0 Å². The molecule has 1 aliphatic heterocycles. The van der Waals surface area contributed by atoms with Gasteiger partial charge in [-0.15, -0.1) is 0 Å². The highest BCUT2D eigenvalue weighted by atomic mass is 16.6. The van der Waals surface area contributed by atoms with Gasteiger partial charge in [-0.3, -0.25) is 0 Å². The van der Waals surface area contributed by atoms with Crippen molar-refractivity contribution < 1.29 is 19.1 Å². The Kier molecular flexibility index (Phi) is 7.58. The molecule has 1 saturated heterocycles. The van der Waals surface area contributed by atoms with Crippen molar-refractivity contribution >= 4 is 12.2 Å². The Labute approximate surface area is 179 Å². The zero-order valence-corrected chi connectivity index (χ0v) is 18.4. The van der Waals surface area contributed by atoms with Gasteiger partial charge in [0.25, 0.3) is 0 Å². The molecular formula is C23H35N3O4. The fourth-order valence-electron chi connectivity index (χ4n) is 4.17. The molecule has 7 nitrogen and oxygen atoms in total. The first-order valence-electron chi connectivity index (χ1n) is 11.0. The molecule has 0 spiro atoms. The maximum Gasteiger partial charge on any atom is 0.410 e. The van der Waals surface area contributed by atoms with E-state index in [9.17, 15) is 9.59 Å². The lowest BCUT2D eigenvalue weighted by Gasteiger charge is -2.38. The third kappa shape index (κ3) is 6.90. The second-order valence-electron chi connectivity index (χ2n) is 9.28. The molecule has 1 aliphatic carbocycles. The van der Waals surface area contributed by atoms with E-state index >= 15 is 0 Å². The molecule has 0 radical (unpaired) electrons. The first-order chi connectivity index (χ1) is 14.3. The molecular weight excluding hydrogens is 382 g/mol. The van der Waals surface area contributed by atoms with Crippen LogP contribution < -0.4 is 10.6 Å². The number of piperazine rings is 1. The number of benzene rings is 1. The molecule has 1 heterocycles. The Morgan fingerprint density at radius 3 is 2.50 bits per heavy atom. The van der Waals surface area contributed by atoms with Crippen molar-refractivity contribution in [3.8, 4) is 0 Å². The minimum absolute atomic E-state index is 0.255. The molecule has 0 bridgehead atoms. The van der Waals surface area contributed by atoms with Gasteiger partial charge < -0.3 is 25.0 Å². The summed E-state index contributed by atoms with van der Waals surface area (Å²) >= 11 is 0. The fourth-order valence-corrected chi connectivity index (χ4v) is 4.17. The SMILES string of the molecule is CC(C)(C)OC(=O)N[C@@H]1C[C@H](Cc2ccccc2)CCC1OC(=O)N1CCNCC1. The highest BCUT2D eigenvalue weighted by Gasteiger charge is 2.36. The Bertz CT molecular complexity index is 698. The van der Waals surface area contributed by atoms with Crippen molar-refractivity contribution in [2.24, 2.45) is 5.92 Å². The first-order valence-corrected chi connectivity index (χ1v) is 11.0. The number of ether oxygens (including phenoxy) is 2. The molecule has 1 aromatic carbocycles. The van der Waals surface area contributed by atoms with Crippen LogP contribution in [0.2, 0.25) is 0 Å². The third-order valence-electron chi connectivity index (χ3n) is 5.59. The van der Waals surface area contributed by atoms with Crippen LogP contribution >= 0.6 is 0 Å². The van der Waals surface area contributed by atoms with E-state index in [1.165, 1.54) is 5.56 Å². The molecule has 166 valence electrons. The molecule has 0 aromatic heterocycles. The number of amides is 2. The van der Waals surface area contributed by atoms with Crippen LogP contribution in [0.4, 0.5) is 9.59 Å². The summed E-state index contributed by atoms with van der Waals surface area (Å²) in [5, 5.41) is 6.22. The van der Waals surface area contributed by atoms with Gasteiger partial charge in [0.1, 0.15) is 11.7 Å². The molecule has 2 aliphatic rings. The molecule has 1 unspecified atom stereocenters. The largest absolute Gasteiger partial charge is 0.444 e. The summed E-state index contributed by atoms with van der Waals surface area (Å²) < 4.78 is 11.3. The van der Waals surface area contributed by atoms with Crippen LogP contribution in [0.1, 0.15) is 45.6 Å². The van der Waals surface area contributed by atoms with Crippen LogP contribution in [0.3, 0.4) is 0 Å². The Hall–Kier alpha value is -2.28. The average Bonchev–Trinajstić information content (AvgIpc) is 2.70. The number of rotatable bonds is 4. The minimum Gasteiger partial charge on any atom is -0.444 e. The highest BCUT2D eigenvalue weighted by molar-refractivity contribution is 5.69. The summed E-state index contributed by atoms with van der Waals surface area (Å²) in [7, 11) is 0. The summed E-state index contributed by atoms with van der Waals surface area (Å²) in [6.45, 7) is 8.37. The zero-order chi connectivity index (χ0) is 21.6. The van der Waals surface area contributed by atoms with E-state index in [0.717, 1.165) is 38.8 Å². The van der Waals surface area contributed by atoms with Crippen LogP contribution in [0.25, 0.3) is 0 Å². The standard InChI is InChI=1S/C23H35N3O4/c1-23(2,3)30-21(27)25-19-16-18(15-17-7-5-4-6-8-17)9-10-20(19)29-22(28)26-13-11-24-12-14-26/h4-8,18-20,24H,9-16H2,1-3H3,(H,25,27)/t18-,19+,20?/m0/s1. The summed E-state index contributed by atoms with van der Waals surface area (Å²) in [6.07, 6.45) is 2.30. The molecule has 1 aromatic rings. The highest BCUT2D eigenvalue weighted by Crippen LogP contribution is 2.30. The van der Waals surface area contributed by atoms with Gasteiger partial charge in [0.2, 0.25) is 0 Å². The topological polar surface area (TPSA) is 79.9 Å². The van der Waals surface area contributed by atoms with Crippen LogP contribution in [-0.4, -0.2) is 61.0 Å². The van der Waals surface area contributed by atoms with Gasteiger partial charge >= 0.3 is 12.2 Å². The van der Waals surface area contributed by atoms with Gasteiger partial charge in [-0.1, -0.05) is 30.3 Å². The van der Waals surface area contributed by atoms with E-state index in [0.29, 0.717) is 19.0 Å². The van der Waals surface area contributed by atoms with E-state index in [4.69, 9.17) is 9.47 Å². The third-order valence-corrected chi connectivity index (χ3v) is 5.59. The van der Waals surface area contributed by atoms with Gasteiger partial charge in [-0.05, 0) is 57.9 Å². The first kappa shape index (κ1) is 22.4. The lowest BCUT2D eigenvalue weighted by molar-refractivity contribution is 0.00670. The lowest BCUT2D eigenvalue weighted by atomic mass is 9.80. The molecule has 1 saturated carbocycles. The Morgan fingerprint density at radius 1 is 1.13 bits per heavy atom. The molecule has 7 heteroatoms. The summed E-state index contributed by atoms with van der Waals surface area (Å²) in [5.41, 5.74) is 0.713. The molecule has 2 fully saturated rings. The average molecular weight is 418 g/mol. The molecule has 30 heavy (non-hydrogen) atoms. The lowest BCUT2D eigenvalue weighted by Crippen LogP contribution is -2.53. The van der Waals surface area contributed by atoms with Crippen LogP contribution in [0.15, 0.2) is 30.3 Å². The molecule has 2 N–H and O–H groups in total. The quantitative estimate of drug-likeness (QED) is 0.786. The second kappa shape index (κ2) is 10.2. The van der Waals surface area contributed by atoms with Gasteiger partial charge in [0.15, 0.2) is 0 Å². The Morgan fingerprint density at radius 2 is 1.83 bits per heavy atom. The smallest absolute Gasteiger partial charge is 0.410 e. The number of hydrogen-bond acceptors (Lipinski definition) is 5. The Balaban J connectivity index is 1.63. The van der Waals surface area contributed by atoms with E-state index in [1.54, 1.807) is 4.90 Å². The van der Waals surface area contributed by atoms with Crippen molar-refractivity contribution in [3.63, 3.8) is 0 Å². The number of nitrogens with zero attached hydrogens (tertiary/aromatic N) is 1. The second-order valence-corrected chi connectivity index (χ2v) is 9.28. The van der Waals surface area contributed by atoms with E-state index in [-0.39, 0.29) is 18.2 Å². The van der Waals surface area contributed by atoms with E-state index in [1.807, 2.05) is 39.0 Å². The predicted molar refractivity (Wildman–Crippen MR) is 115 cm³/mol. The summed E-state index contributed by atoms with van der Waals surface area (Å²) in [6, 6.07) is 10.1. The number of hydrogen-bond donors (Lipinski definition) is 2. The van der Waals surface area contributed by atoms with Crippen molar-refractivity contribution in [1.82, 2.24) is 15.5 Å². The van der Waals surface area contributed by atoms with Crippen molar-refractivity contribution in [2.75, 3.05) is 26.2 Å². The van der Waals surface area contributed by atoms with Crippen LogP contribution in [0, 0.1) is 5.92 Å². The molecule has 3 rings (SSSR count). The molecule has 3 atom stereocenters. The van der Waals surface area contributed by atoms with Gasteiger partial charge in [-0.2, -0.15) is 0 Å². The van der Waals surface area contributed by atoms with Crippen LogP contribution in [-0.2, 0) is 15.9 Å². The number of alkyl carbamates (subject to hydrolysis) is 1. The summed E-state index contributed by atoms with van der Waals surface area (Å²) in [4.78, 5) is 26.8. The number of carbonyl (C=O) groups is 2. The van der Waals surface area contributed by atoms with E-state index in [2.05, 4.69) is 22.8 Å². The normalized spacial score (nSPS) is 24.8. The van der Waals surface area contributed by atoms with Gasteiger partial charge in [0, 0.05) is 26.2 Å². The zero-order valence-electron chi connectivity index (χ0n) is 18.4. The van der Waals surface area contributed by atoms with Gasteiger partial charge in [-0.25, -0.2) is 9.59 Å². The monoisotopic (exact) mass is 417 g/mol.